The smallest absolute Gasteiger partial charge is 0.338 e. The van der Waals surface area contributed by atoms with Crippen molar-refractivity contribution in [1.82, 2.24) is 0 Å². The van der Waals surface area contributed by atoms with Gasteiger partial charge in [-0.15, -0.1) is 0 Å². The molecule has 0 spiro atoms. The van der Waals surface area contributed by atoms with Gasteiger partial charge >= 0.3 is 5.97 Å². The van der Waals surface area contributed by atoms with Crippen LogP contribution in [0.4, 0.5) is 10.1 Å². The van der Waals surface area contributed by atoms with Crippen LogP contribution in [-0.2, 0) is 11.3 Å². The Labute approximate surface area is 171 Å². The van der Waals surface area contributed by atoms with Gasteiger partial charge in [-0.1, -0.05) is 12.1 Å². The van der Waals surface area contributed by atoms with Gasteiger partial charge < -0.3 is 9.47 Å². The van der Waals surface area contributed by atoms with E-state index < -0.39 is 23.6 Å². The number of rotatable bonds is 5. The van der Waals surface area contributed by atoms with E-state index in [4.69, 9.17) is 9.47 Å². The van der Waals surface area contributed by atoms with Crippen molar-refractivity contribution in [2.24, 2.45) is 0 Å². The third kappa shape index (κ3) is 3.53. The second kappa shape index (κ2) is 7.79. The van der Waals surface area contributed by atoms with E-state index in [2.05, 4.69) is 0 Å². The van der Waals surface area contributed by atoms with E-state index in [0.29, 0.717) is 5.75 Å². The average molecular weight is 405 g/mol. The van der Waals surface area contributed by atoms with Gasteiger partial charge in [-0.2, -0.15) is 0 Å². The van der Waals surface area contributed by atoms with E-state index in [0.717, 1.165) is 10.5 Å². The first kappa shape index (κ1) is 19.3. The van der Waals surface area contributed by atoms with Crippen LogP contribution in [0.5, 0.6) is 5.75 Å². The summed E-state index contributed by atoms with van der Waals surface area (Å²) in [5, 5.41) is 0. The largest absolute Gasteiger partial charge is 0.497 e. The molecule has 0 saturated heterocycles. The molecule has 0 unspecified atom stereocenters. The lowest BCUT2D eigenvalue weighted by Crippen LogP contribution is -2.29. The number of ether oxygens (including phenoxy) is 2. The molecule has 0 atom stereocenters. The first-order chi connectivity index (χ1) is 14.5. The molecule has 150 valence electrons. The average Bonchev–Trinajstić information content (AvgIpc) is 3.02. The molecule has 6 nitrogen and oxygen atoms in total. The number of amides is 2. The van der Waals surface area contributed by atoms with Crippen molar-refractivity contribution in [3.05, 3.63) is 94.8 Å². The lowest BCUT2D eigenvalue weighted by Gasteiger charge is -2.13. The fourth-order valence-corrected chi connectivity index (χ4v) is 3.19. The third-order valence-corrected chi connectivity index (χ3v) is 4.71. The number of imide groups is 1. The number of nitrogens with zero attached hydrogens (tertiary/aromatic N) is 1. The normalized spacial score (nSPS) is 12.7. The van der Waals surface area contributed by atoms with Gasteiger partial charge in [0.15, 0.2) is 0 Å². The minimum Gasteiger partial charge on any atom is -0.497 e. The Bertz CT molecular complexity index is 1160. The van der Waals surface area contributed by atoms with Crippen molar-refractivity contribution < 1.29 is 28.2 Å². The Morgan fingerprint density at radius 3 is 2.40 bits per heavy atom. The molecule has 1 aliphatic heterocycles. The van der Waals surface area contributed by atoms with Gasteiger partial charge in [0.2, 0.25) is 0 Å². The summed E-state index contributed by atoms with van der Waals surface area (Å²) in [7, 11) is 1.54. The molecule has 0 aliphatic carbocycles. The number of carbonyl (C=O) groups excluding carboxylic acids is 3. The zero-order chi connectivity index (χ0) is 21.3. The maximum atomic E-state index is 13.2. The molecule has 1 heterocycles. The van der Waals surface area contributed by atoms with E-state index >= 15 is 0 Å². The molecule has 4 rings (SSSR count). The number of carbonyl (C=O) groups is 3. The number of methoxy groups -OCH3 is 1. The number of hydrogen-bond acceptors (Lipinski definition) is 5. The van der Waals surface area contributed by atoms with Crippen LogP contribution in [0.1, 0.15) is 36.6 Å². The number of fused-ring (bicyclic) bond motifs is 1. The Balaban J connectivity index is 1.53. The van der Waals surface area contributed by atoms with Crippen LogP contribution in [0.25, 0.3) is 0 Å². The van der Waals surface area contributed by atoms with Gasteiger partial charge in [0, 0.05) is 0 Å². The van der Waals surface area contributed by atoms with E-state index in [1.165, 1.54) is 42.5 Å². The van der Waals surface area contributed by atoms with Crippen LogP contribution >= 0.6 is 0 Å². The highest BCUT2D eigenvalue weighted by molar-refractivity contribution is 6.34. The number of halogens is 1. The molecule has 1 aliphatic rings. The Morgan fingerprint density at radius 2 is 1.67 bits per heavy atom. The van der Waals surface area contributed by atoms with Crippen LogP contribution in [0.15, 0.2) is 66.7 Å². The third-order valence-electron chi connectivity index (χ3n) is 4.71. The molecule has 3 aromatic carbocycles. The van der Waals surface area contributed by atoms with Crippen LogP contribution in [0.2, 0.25) is 0 Å². The monoisotopic (exact) mass is 405 g/mol. The van der Waals surface area contributed by atoms with E-state index in [1.54, 1.807) is 31.4 Å². The molecular weight excluding hydrogens is 389 g/mol. The minimum atomic E-state index is -0.624. The number of benzene rings is 3. The fraction of sp³-hybridized carbons (Fsp3) is 0.0870. The molecule has 3 aromatic rings. The van der Waals surface area contributed by atoms with Crippen molar-refractivity contribution in [3.63, 3.8) is 0 Å². The van der Waals surface area contributed by atoms with Crippen molar-refractivity contribution in [2.75, 3.05) is 12.0 Å². The topological polar surface area (TPSA) is 72.9 Å². The number of hydrogen-bond donors (Lipinski definition) is 0. The Hall–Kier alpha value is -4.00. The molecule has 0 radical (unpaired) electrons. The molecule has 0 bridgehead atoms. The van der Waals surface area contributed by atoms with E-state index in [1.807, 2.05) is 0 Å². The quantitative estimate of drug-likeness (QED) is 0.474. The maximum absolute atomic E-state index is 13.2. The van der Waals surface area contributed by atoms with Crippen LogP contribution in [0, 0.1) is 5.82 Å². The van der Waals surface area contributed by atoms with Gasteiger partial charge in [0.25, 0.3) is 11.8 Å². The number of anilines is 1. The molecule has 0 N–H and O–H groups in total. The molecule has 0 saturated carbocycles. The van der Waals surface area contributed by atoms with Crippen LogP contribution in [0.3, 0.4) is 0 Å². The van der Waals surface area contributed by atoms with E-state index in [9.17, 15) is 18.8 Å². The van der Waals surface area contributed by atoms with Gasteiger partial charge in [-0.3, -0.25) is 9.59 Å². The standard InChI is InChI=1S/C23H16FNO5/c1-29-18-4-2-3-14(11-18)13-30-23(28)15-5-10-19-20(12-15)22(27)25(21(19)26)17-8-6-16(24)7-9-17/h2-12H,13H2,1H3. The zero-order valence-electron chi connectivity index (χ0n) is 15.9. The van der Waals surface area contributed by atoms with Gasteiger partial charge in [0.05, 0.1) is 29.5 Å². The second-order valence-corrected chi connectivity index (χ2v) is 6.61. The Morgan fingerprint density at radius 1 is 0.933 bits per heavy atom. The Kier molecular flexibility index (Phi) is 5.02. The summed E-state index contributed by atoms with van der Waals surface area (Å²) in [5.41, 5.74) is 1.43. The lowest BCUT2D eigenvalue weighted by atomic mass is 10.1. The first-order valence-corrected chi connectivity index (χ1v) is 9.06. The van der Waals surface area contributed by atoms with E-state index in [-0.39, 0.29) is 29.0 Å². The maximum Gasteiger partial charge on any atom is 0.338 e. The minimum absolute atomic E-state index is 0.0295. The molecule has 7 heteroatoms. The van der Waals surface area contributed by atoms with Crippen molar-refractivity contribution >= 4 is 23.5 Å². The summed E-state index contributed by atoms with van der Waals surface area (Å²) in [4.78, 5) is 38.8. The van der Waals surface area contributed by atoms with Gasteiger partial charge in [-0.25, -0.2) is 14.1 Å². The summed E-state index contributed by atoms with van der Waals surface area (Å²) in [6.45, 7) is 0.0295. The van der Waals surface area contributed by atoms with Gasteiger partial charge in [0.1, 0.15) is 18.2 Å². The highest BCUT2D eigenvalue weighted by atomic mass is 19.1. The molecule has 2 amide bonds. The fourth-order valence-electron chi connectivity index (χ4n) is 3.19. The predicted molar refractivity (Wildman–Crippen MR) is 106 cm³/mol. The predicted octanol–water partition coefficient (Wildman–Crippen LogP) is 3.99. The van der Waals surface area contributed by atoms with Crippen LogP contribution < -0.4 is 9.64 Å². The van der Waals surface area contributed by atoms with Gasteiger partial charge in [-0.05, 0) is 60.2 Å². The summed E-state index contributed by atoms with van der Waals surface area (Å²) in [6, 6.07) is 16.3. The van der Waals surface area contributed by atoms with Crippen molar-refractivity contribution in [3.8, 4) is 5.75 Å². The zero-order valence-corrected chi connectivity index (χ0v) is 15.9. The van der Waals surface area contributed by atoms with Crippen molar-refractivity contribution in [2.45, 2.75) is 6.61 Å². The SMILES string of the molecule is COc1cccc(COC(=O)c2ccc3c(c2)C(=O)N(c2ccc(F)cc2)C3=O)c1. The summed E-state index contributed by atoms with van der Waals surface area (Å²) in [5.74, 6) is -1.56. The second-order valence-electron chi connectivity index (χ2n) is 6.61. The van der Waals surface area contributed by atoms with Crippen molar-refractivity contribution in [1.29, 1.82) is 0 Å². The lowest BCUT2D eigenvalue weighted by molar-refractivity contribution is 0.0472. The number of esters is 1. The first-order valence-electron chi connectivity index (χ1n) is 9.06. The van der Waals surface area contributed by atoms with Crippen LogP contribution in [-0.4, -0.2) is 24.9 Å². The molecule has 0 aromatic heterocycles. The highest BCUT2D eigenvalue weighted by Gasteiger charge is 2.37. The molecule has 30 heavy (non-hydrogen) atoms. The summed E-state index contributed by atoms with van der Waals surface area (Å²) in [6.07, 6.45) is 0. The molecule has 0 fully saturated rings. The summed E-state index contributed by atoms with van der Waals surface area (Å²) >= 11 is 0. The molecular formula is C23H16FNO5. The summed E-state index contributed by atoms with van der Waals surface area (Å²) < 4.78 is 23.6. The highest BCUT2D eigenvalue weighted by Crippen LogP contribution is 2.29.